The highest BCUT2D eigenvalue weighted by Crippen LogP contribution is 2.35. The number of anilines is 4. The van der Waals surface area contributed by atoms with E-state index in [1.165, 1.54) is 0 Å². The van der Waals surface area contributed by atoms with Gasteiger partial charge in [-0.2, -0.15) is 9.97 Å². The predicted molar refractivity (Wildman–Crippen MR) is 206 cm³/mol. The van der Waals surface area contributed by atoms with Crippen molar-refractivity contribution in [3.63, 3.8) is 0 Å². The van der Waals surface area contributed by atoms with Crippen LogP contribution >= 0.6 is 0 Å². The maximum atomic E-state index is 11.6. The molecular weight excluding hydrogens is 800 g/mol. The highest BCUT2D eigenvalue weighted by Gasteiger charge is 2.48. The van der Waals surface area contributed by atoms with Crippen LogP contribution in [0.1, 0.15) is 38.5 Å². The number of aromatic nitrogens is 4. The second-order valence-electron chi connectivity index (χ2n) is 15.1. The number of carbonyl (C=O) groups is 2. The van der Waals surface area contributed by atoms with Gasteiger partial charge in [-0.1, -0.05) is 0 Å². The van der Waals surface area contributed by atoms with Crippen LogP contribution in [0.2, 0.25) is 0 Å². The number of ether oxygens (including phenoxy) is 4. The van der Waals surface area contributed by atoms with Crippen molar-refractivity contribution in [1.82, 2.24) is 19.9 Å². The van der Waals surface area contributed by atoms with Crippen molar-refractivity contribution < 1.29 is 79.6 Å². The van der Waals surface area contributed by atoms with Crippen LogP contribution in [-0.2, 0) is 28.5 Å². The Hall–Kier alpha value is -3.92. The maximum absolute atomic E-state index is 11.6. The number of piperidine rings is 2. The van der Waals surface area contributed by atoms with Gasteiger partial charge in [-0.25, -0.2) is 19.6 Å². The van der Waals surface area contributed by atoms with Gasteiger partial charge < -0.3 is 89.6 Å². The summed E-state index contributed by atoms with van der Waals surface area (Å²) in [5.41, 5.74) is 0.822. The van der Waals surface area contributed by atoms with Gasteiger partial charge in [0.1, 0.15) is 47.7 Å². The molecule has 10 N–H and O–H groups in total. The molecule has 4 saturated heterocycles. The molecule has 0 amide bonds. The van der Waals surface area contributed by atoms with Crippen molar-refractivity contribution in [2.75, 3.05) is 98.4 Å². The first-order valence-electron chi connectivity index (χ1n) is 20.2. The van der Waals surface area contributed by atoms with Gasteiger partial charge in [-0.05, 0) is 38.5 Å². The topological polar surface area (TPSA) is 338 Å². The van der Waals surface area contributed by atoms with Crippen LogP contribution in [0.5, 0.6) is 0 Å². The molecule has 6 rings (SSSR count). The van der Waals surface area contributed by atoms with Gasteiger partial charge >= 0.3 is 11.9 Å². The van der Waals surface area contributed by atoms with Crippen LogP contribution in [0.15, 0.2) is 0 Å². The minimum absolute atomic E-state index is 0.0132. The van der Waals surface area contributed by atoms with E-state index in [4.69, 9.17) is 38.9 Å². The van der Waals surface area contributed by atoms with Crippen LogP contribution in [0, 0.1) is 0 Å². The Morgan fingerprint density at radius 3 is 1.25 bits per heavy atom. The van der Waals surface area contributed by atoms with Gasteiger partial charge in [0.05, 0.1) is 26.4 Å². The molecule has 0 radical (unpaired) electrons. The summed E-state index contributed by atoms with van der Waals surface area (Å²) in [5.74, 6) is -1.74. The molecule has 336 valence electrons. The second-order valence-corrected chi connectivity index (χ2v) is 15.1. The van der Waals surface area contributed by atoms with Crippen LogP contribution in [-0.4, -0.2) is 223 Å². The molecule has 0 spiro atoms. The van der Waals surface area contributed by atoms with E-state index in [1.807, 2.05) is 0 Å². The number of carboxylic acids is 2. The summed E-state index contributed by atoms with van der Waals surface area (Å²) >= 11 is 0. The lowest BCUT2D eigenvalue weighted by molar-refractivity contribution is -0.293. The Kier molecular flexibility index (Phi) is 15.8. The molecule has 24 heteroatoms. The van der Waals surface area contributed by atoms with E-state index in [1.54, 1.807) is 9.80 Å². The summed E-state index contributed by atoms with van der Waals surface area (Å²) in [4.78, 5) is 50.6. The maximum Gasteiger partial charge on any atom is 0.335 e. The Morgan fingerprint density at radius 1 is 0.550 bits per heavy atom. The quantitative estimate of drug-likeness (QED) is 0.0680. The lowest BCUT2D eigenvalue weighted by Gasteiger charge is -2.38. The molecule has 4 fully saturated rings. The number of aliphatic hydroxyl groups excluding tert-OH is 8. The van der Waals surface area contributed by atoms with E-state index in [2.05, 4.69) is 9.80 Å². The SMILES string of the molecule is O=C(O)C1OC(OCCN(CCO)c2nc(N3CCCCC3)c3nc(N(CCO)CCOC4OC(C(=O)O)C(O)C(O)C4O)nc(N4CCCCC4)c3n2)C(O)C(O)C1O. The monoisotopic (exact) mass is 856 g/mol. The van der Waals surface area contributed by atoms with E-state index >= 15 is 0 Å². The van der Waals surface area contributed by atoms with Gasteiger partial charge in [0, 0.05) is 52.4 Å². The number of aliphatic carboxylic acids is 2. The zero-order valence-corrected chi connectivity index (χ0v) is 33.0. The van der Waals surface area contributed by atoms with Crippen LogP contribution in [0.3, 0.4) is 0 Å². The van der Waals surface area contributed by atoms with Gasteiger partial charge in [-0.3, -0.25) is 0 Å². The van der Waals surface area contributed by atoms with E-state index in [0.717, 1.165) is 38.5 Å². The Morgan fingerprint density at radius 2 is 0.917 bits per heavy atom. The molecule has 0 bridgehead atoms. The first-order chi connectivity index (χ1) is 28.8. The zero-order chi connectivity index (χ0) is 43.1. The number of carboxylic acid groups (broad SMARTS) is 2. The number of fused-ring (bicyclic) bond motifs is 1. The molecule has 4 aliphatic rings. The lowest BCUT2D eigenvalue weighted by Crippen LogP contribution is -2.60. The van der Waals surface area contributed by atoms with Crippen molar-refractivity contribution >= 4 is 46.5 Å². The van der Waals surface area contributed by atoms with E-state index in [9.17, 15) is 60.7 Å². The number of hydrogen-bond donors (Lipinski definition) is 10. The summed E-state index contributed by atoms with van der Waals surface area (Å²) in [5, 5.41) is 101. The summed E-state index contributed by atoms with van der Waals surface area (Å²) in [6.07, 6.45) is -12.3. The molecule has 2 aromatic heterocycles. The zero-order valence-electron chi connectivity index (χ0n) is 33.0. The standard InChI is InChI=1S/C36H56N8O16/c45-15-11-43(13-17-57-33-25(51)21(47)23(49)27(59-33)31(53)54)35-38-20-19(29(39-35)41-7-3-1-4-8-41)37-36(40-30(20)42-9-5-2-6-10-42)44(12-16-46)14-18-58-34-26(52)22(48)24(50)28(60-34)32(55)56/h21-28,33-34,45-52H,1-18H2,(H,53,54)(H,55,56). The minimum Gasteiger partial charge on any atom is -0.479 e. The van der Waals surface area contributed by atoms with E-state index in [0.29, 0.717) is 48.8 Å². The third kappa shape index (κ3) is 10.2. The molecular formula is C36H56N8O16. The summed E-state index contributed by atoms with van der Waals surface area (Å²) in [7, 11) is 0. The fourth-order valence-electron chi connectivity index (χ4n) is 7.70. The normalized spacial score (nSPS) is 30.1. The van der Waals surface area contributed by atoms with Crippen molar-refractivity contribution in [3.8, 4) is 0 Å². The Labute approximate surface area is 344 Å². The smallest absolute Gasteiger partial charge is 0.335 e. The average Bonchev–Trinajstić information content (AvgIpc) is 3.25. The van der Waals surface area contributed by atoms with E-state index < -0.39 is 73.4 Å². The summed E-state index contributed by atoms with van der Waals surface area (Å²) < 4.78 is 21.9. The van der Waals surface area contributed by atoms with E-state index in [-0.39, 0.29) is 64.5 Å². The number of rotatable bonds is 18. The minimum atomic E-state index is -1.88. The van der Waals surface area contributed by atoms with Crippen molar-refractivity contribution in [3.05, 3.63) is 0 Å². The first kappa shape index (κ1) is 45.6. The third-order valence-corrected chi connectivity index (χ3v) is 11.0. The van der Waals surface area contributed by atoms with Gasteiger partial charge in [0.15, 0.2) is 36.4 Å². The van der Waals surface area contributed by atoms with Crippen molar-refractivity contribution in [1.29, 1.82) is 0 Å². The van der Waals surface area contributed by atoms with Gasteiger partial charge in [0.2, 0.25) is 11.9 Å². The number of aliphatic hydroxyl groups is 8. The Balaban J connectivity index is 1.32. The van der Waals surface area contributed by atoms with Crippen molar-refractivity contribution in [2.45, 2.75) is 99.9 Å². The fraction of sp³-hybridized carbons (Fsp3) is 0.778. The number of nitrogens with zero attached hydrogens (tertiary/aromatic N) is 8. The van der Waals surface area contributed by atoms with Crippen molar-refractivity contribution in [2.24, 2.45) is 0 Å². The Bertz CT molecular complexity index is 1620. The molecule has 4 aliphatic heterocycles. The molecule has 24 nitrogen and oxygen atoms in total. The molecule has 6 heterocycles. The third-order valence-electron chi connectivity index (χ3n) is 11.0. The number of hydrogen-bond acceptors (Lipinski definition) is 22. The molecule has 60 heavy (non-hydrogen) atoms. The summed E-state index contributed by atoms with van der Waals surface area (Å²) in [6, 6.07) is 0. The van der Waals surface area contributed by atoms with Crippen LogP contribution < -0.4 is 19.6 Å². The second kappa shape index (κ2) is 20.8. The summed E-state index contributed by atoms with van der Waals surface area (Å²) in [6.45, 7) is 1.65. The highest BCUT2D eigenvalue weighted by atomic mass is 16.7. The van der Waals surface area contributed by atoms with Gasteiger partial charge in [0.25, 0.3) is 0 Å². The molecule has 0 saturated carbocycles. The van der Waals surface area contributed by atoms with Gasteiger partial charge in [-0.15, -0.1) is 0 Å². The largest absolute Gasteiger partial charge is 0.479 e. The molecule has 10 atom stereocenters. The molecule has 10 unspecified atom stereocenters. The lowest BCUT2D eigenvalue weighted by atomic mass is 9.99. The van der Waals surface area contributed by atoms with Crippen LogP contribution in [0.4, 0.5) is 23.5 Å². The first-order valence-corrected chi connectivity index (χ1v) is 20.2. The predicted octanol–water partition coefficient (Wildman–Crippen LogP) is -4.18. The molecule has 0 aromatic carbocycles. The molecule has 2 aromatic rings. The highest BCUT2D eigenvalue weighted by molar-refractivity contribution is 5.95. The average molecular weight is 857 g/mol. The molecule has 0 aliphatic carbocycles. The fourth-order valence-corrected chi connectivity index (χ4v) is 7.70. The van der Waals surface area contributed by atoms with Crippen LogP contribution in [0.25, 0.3) is 11.0 Å².